The van der Waals surface area contributed by atoms with E-state index in [4.69, 9.17) is 4.74 Å². The van der Waals surface area contributed by atoms with Crippen LogP contribution in [0.3, 0.4) is 0 Å². The van der Waals surface area contributed by atoms with Crippen LogP contribution in [0.1, 0.15) is 0 Å². The molecule has 0 unspecified atom stereocenters. The van der Waals surface area contributed by atoms with Crippen molar-refractivity contribution >= 4 is 48.9 Å². The Labute approximate surface area is 213 Å². The summed E-state index contributed by atoms with van der Waals surface area (Å²) in [6.45, 7) is 6.23. The minimum absolute atomic E-state index is 0.363. The van der Waals surface area contributed by atoms with Gasteiger partial charge in [0.15, 0.2) is 14.6 Å². The van der Waals surface area contributed by atoms with Crippen molar-refractivity contribution < 1.29 is 22.7 Å². The summed E-state index contributed by atoms with van der Waals surface area (Å²) in [4.78, 5) is 33.4. The van der Waals surface area contributed by atoms with Gasteiger partial charge in [0.1, 0.15) is 17.3 Å². The van der Waals surface area contributed by atoms with Gasteiger partial charge in [0.05, 0.1) is 17.3 Å². The molecule has 0 spiro atoms. The monoisotopic (exact) mass is 528 g/mol. The zero-order valence-electron chi connectivity index (χ0n) is 20.0. The van der Waals surface area contributed by atoms with E-state index in [1.807, 2.05) is 42.5 Å². The molecule has 1 aromatic heterocycles. The number of thiazole rings is 1. The number of allylic oxidation sites excluding steroid dienone is 1. The number of benzene rings is 2. The summed E-state index contributed by atoms with van der Waals surface area (Å²) >= 11 is 1.26. The van der Waals surface area contributed by atoms with Crippen molar-refractivity contribution in [3.05, 3.63) is 66.0 Å². The van der Waals surface area contributed by atoms with Gasteiger partial charge in [0.25, 0.3) is 5.91 Å². The summed E-state index contributed by atoms with van der Waals surface area (Å²) in [5.74, 6) is -2.18. The van der Waals surface area contributed by atoms with Crippen LogP contribution < -0.4 is 14.4 Å². The molecule has 0 radical (unpaired) electrons. The molecule has 0 N–H and O–H groups in total. The van der Waals surface area contributed by atoms with Crippen molar-refractivity contribution in [3.63, 3.8) is 0 Å². The largest absolute Gasteiger partial charge is 0.497 e. The van der Waals surface area contributed by atoms with E-state index in [1.54, 1.807) is 23.8 Å². The maximum Gasteiger partial charge on any atom is 0.263 e. The maximum atomic E-state index is 12.7. The lowest BCUT2D eigenvalue weighted by Gasteiger charge is -2.36. The number of fused-ring (bicyclic) bond motifs is 1. The second-order valence-electron chi connectivity index (χ2n) is 8.36. The van der Waals surface area contributed by atoms with Crippen LogP contribution in [0.2, 0.25) is 0 Å². The molecule has 4 rings (SSSR count). The molecule has 2 heterocycles. The number of anilines is 1. The third kappa shape index (κ3) is 6.03. The van der Waals surface area contributed by atoms with Gasteiger partial charge in [-0.15, -0.1) is 6.58 Å². The van der Waals surface area contributed by atoms with Crippen molar-refractivity contribution in [1.29, 1.82) is 0 Å². The summed E-state index contributed by atoms with van der Waals surface area (Å²) in [5, 5.41) is 0. The molecule has 11 heteroatoms. The van der Waals surface area contributed by atoms with Crippen molar-refractivity contribution in [2.24, 2.45) is 4.99 Å². The zero-order valence-corrected chi connectivity index (χ0v) is 21.6. The Morgan fingerprint density at radius 1 is 1.08 bits per heavy atom. The molecule has 0 atom stereocenters. The minimum atomic E-state index is -3.97. The standard InChI is InChI=1S/C25H28N4O5S2/c1-3-11-29-21-10-9-20(34-2)16-22(21)35-25(29)26-23(30)17-36(32,33)18-24(31)28-14-12-27(13-15-28)19-7-5-4-6-8-19/h3-10,16H,1,11-15,17-18H2,2H3. The molecule has 190 valence electrons. The van der Waals surface area contributed by atoms with Crippen LogP contribution >= 0.6 is 11.3 Å². The predicted octanol–water partition coefficient (Wildman–Crippen LogP) is 2.09. The number of para-hydroxylation sites is 1. The van der Waals surface area contributed by atoms with E-state index >= 15 is 0 Å². The van der Waals surface area contributed by atoms with E-state index < -0.39 is 33.2 Å². The van der Waals surface area contributed by atoms with Crippen LogP contribution in [0.25, 0.3) is 10.2 Å². The fourth-order valence-electron chi connectivity index (χ4n) is 4.08. The second-order valence-corrected chi connectivity index (χ2v) is 11.4. The van der Waals surface area contributed by atoms with Crippen LogP contribution in [-0.4, -0.2) is 74.5 Å². The summed E-state index contributed by atoms with van der Waals surface area (Å²) in [5.41, 5.74) is 1.90. The maximum absolute atomic E-state index is 12.7. The molecular formula is C25H28N4O5S2. The molecule has 1 aliphatic heterocycles. The van der Waals surface area contributed by atoms with Gasteiger partial charge < -0.3 is 19.1 Å². The number of carbonyl (C=O) groups excluding carboxylic acids is 2. The normalized spacial score (nSPS) is 14.8. The van der Waals surface area contributed by atoms with Crippen molar-refractivity contribution in [3.8, 4) is 5.75 Å². The molecule has 0 saturated carbocycles. The predicted molar refractivity (Wildman–Crippen MR) is 141 cm³/mol. The van der Waals surface area contributed by atoms with Crippen LogP contribution in [0.15, 0.2) is 66.2 Å². The van der Waals surface area contributed by atoms with E-state index in [0.717, 1.165) is 15.9 Å². The lowest BCUT2D eigenvalue weighted by Crippen LogP contribution is -2.50. The van der Waals surface area contributed by atoms with Crippen LogP contribution in [0, 0.1) is 0 Å². The van der Waals surface area contributed by atoms with Gasteiger partial charge in [-0.1, -0.05) is 35.6 Å². The average Bonchev–Trinajstić information content (AvgIpc) is 3.19. The van der Waals surface area contributed by atoms with Gasteiger partial charge in [-0.2, -0.15) is 4.99 Å². The third-order valence-corrected chi connectivity index (χ3v) is 8.28. The summed E-state index contributed by atoms with van der Waals surface area (Å²) in [7, 11) is -2.41. The number of methoxy groups -OCH3 is 1. The van der Waals surface area contributed by atoms with E-state index in [1.165, 1.54) is 16.2 Å². The Balaban J connectivity index is 1.42. The van der Waals surface area contributed by atoms with E-state index in [2.05, 4.69) is 16.5 Å². The molecule has 1 aliphatic rings. The lowest BCUT2D eigenvalue weighted by molar-refractivity contribution is -0.128. The minimum Gasteiger partial charge on any atom is -0.497 e. The van der Waals surface area contributed by atoms with Gasteiger partial charge in [0.2, 0.25) is 5.91 Å². The Hall–Kier alpha value is -3.44. The number of piperazine rings is 1. The number of hydrogen-bond acceptors (Lipinski definition) is 7. The molecule has 1 fully saturated rings. The number of nitrogens with zero attached hydrogens (tertiary/aromatic N) is 4. The SMILES string of the molecule is C=CCn1c(=NC(=O)CS(=O)(=O)CC(=O)N2CCN(c3ccccc3)CC2)sc2cc(OC)ccc21. The number of carbonyl (C=O) groups is 2. The quantitative estimate of drug-likeness (QED) is 0.415. The van der Waals surface area contributed by atoms with Crippen LogP contribution in [0.5, 0.6) is 5.75 Å². The number of hydrogen-bond donors (Lipinski definition) is 0. The van der Waals surface area contributed by atoms with Crippen molar-refractivity contribution in [2.45, 2.75) is 6.54 Å². The topological polar surface area (TPSA) is 101 Å². The van der Waals surface area contributed by atoms with Crippen molar-refractivity contribution in [2.75, 3.05) is 49.7 Å². The van der Waals surface area contributed by atoms with Gasteiger partial charge in [-0.25, -0.2) is 8.42 Å². The highest BCUT2D eigenvalue weighted by Crippen LogP contribution is 2.23. The third-order valence-electron chi connectivity index (χ3n) is 5.86. The smallest absolute Gasteiger partial charge is 0.263 e. The number of ether oxygens (including phenoxy) is 1. The van der Waals surface area contributed by atoms with E-state index in [9.17, 15) is 18.0 Å². The number of rotatable bonds is 8. The number of amides is 2. The van der Waals surface area contributed by atoms with E-state index in [0.29, 0.717) is 43.3 Å². The molecule has 2 aromatic carbocycles. The average molecular weight is 529 g/mol. The van der Waals surface area contributed by atoms with Crippen LogP contribution in [0.4, 0.5) is 5.69 Å². The van der Waals surface area contributed by atoms with Crippen LogP contribution in [-0.2, 0) is 26.0 Å². The Kier molecular flexibility index (Phi) is 7.90. The second kappa shape index (κ2) is 11.1. The van der Waals surface area contributed by atoms with Gasteiger partial charge >= 0.3 is 0 Å². The van der Waals surface area contributed by atoms with E-state index in [-0.39, 0.29) is 0 Å². The highest BCUT2D eigenvalue weighted by molar-refractivity contribution is 7.92. The fraction of sp³-hybridized carbons (Fsp3) is 0.320. The molecule has 9 nitrogen and oxygen atoms in total. The molecule has 36 heavy (non-hydrogen) atoms. The molecule has 1 saturated heterocycles. The van der Waals surface area contributed by atoms with Gasteiger partial charge in [-0.3, -0.25) is 9.59 Å². The lowest BCUT2D eigenvalue weighted by atomic mass is 10.2. The Morgan fingerprint density at radius 3 is 2.47 bits per heavy atom. The molecule has 3 aromatic rings. The first kappa shape index (κ1) is 25.6. The Morgan fingerprint density at radius 2 is 1.81 bits per heavy atom. The summed E-state index contributed by atoms with van der Waals surface area (Å²) < 4.78 is 33.2. The van der Waals surface area contributed by atoms with Crippen molar-refractivity contribution in [1.82, 2.24) is 9.47 Å². The first-order chi connectivity index (χ1) is 17.3. The summed E-state index contributed by atoms with van der Waals surface area (Å²) in [6, 6.07) is 15.3. The number of aromatic nitrogens is 1. The molecule has 0 bridgehead atoms. The molecule has 0 aliphatic carbocycles. The highest BCUT2D eigenvalue weighted by Gasteiger charge is 2.27. The first-order valence-corrected chi connectivity index (χ1v) is 14.1. The van der Waals surface area contributed by atoms with Gasteiger partial charge in [0, 0.05) is 38.4 Å². The first-order valence-electron chi connectivity index (χ1n) is 11.4. The highest BCUT2D eigenvalue weighted by atomic mass is 32.2. The number of sulfone groups is 1. The summed E-state index contributed by atoms with van der Waals surface area (Å²) in [6.07, 6.45) is 1.67. The molecular weight excluding hydrogens is 500 g/mol. The zero-order chi connectivity index (χ0) is 25.7. The fourth-order valence-corrected chi connectivity index (χ4v) is 6.27. The van der Waals surface area contributed by atoms with Gasteiger partial charge in [-0.05, 0) is 30.3 Å². The Bertz CT molecular complexity index is 1440. The molecule has 2 amide bonds.